The summed E-state index contributed by atoms with van der Waals surface area (Å²) in [4.78, 5) is 12.2. The molecular weight excluding hydrogens is 398 g/mol. The maximum atomic E-state index is 12.2. The molecule has 0 aliphatic rings. The Morgan fingerprint density at radius 3 is 2.81 bits per heavy atom. The lowest BCUT2D eigenvalue weighted by atomic mass is 10.2. The van der Waals surface area contributed by atoms with Gasteiger partial charge in [-0.1, -0.05) is 34.1 Å². The number of fused-ring (bicyclic) bond motifs is 1. The first kappa shape index (κ1) is 18.3. The van der Waals surface area contributed by atoms with Gasteiger partial charge in [-0.3, -0.25) is 4.79 Å². The van der Waals surface area contributed by atoms with Gasteiger partial charge in [0.15, 0.2) is 11.3 Å². The van der Waals surface area contributed by atoms with E-state index in [2.05, 4.69) is 21.2 Å². The summed E-state index contributed by atoms with van der Waals surface area (Å²) in [7, 11) is 1.60. The minimum Gasteiger partial charge on any atom is -0.493 e. The van der Waals surface area contributed by atoms with Gasteiger partial charge < -0.3 is 19.2 Å². The number of amides is 1. The Labute approximate surface area is 160 Å². The van der Waals surface area contributed by atoms with Crippen molar-refractivity contribution in [1.82, 2.24) is 5.32 Å². The van der Waals surface area contributed by atoms with E-state index in [1.54, 1.807) is 7.11 Å². The Hall–Kier alpha value is -2.47. The third-order valence-corrected chi connectivity index (χ3v) is 4.44. The molecule has 3 rings (SSSR count). The van der Waals surface area contributed by atoms with Gasteiger partial charge in [-0.2, -0.15) is 0 Å². The SMILES string of the molecule is COc1cccc2cc(C(C)NC(=O)CCOc3cccc(Br)c3)oc12. The van der Waals surface area contributed by atoms with E-state index in [9.17, 15) is 4.79 Å². The Morgan fingerprint density at radius 1 is 1.23 bits per heavy atom. The number of benzene rings is 2. The number of hydrogen-bond donors (Lipinski definition) is 1. The minimum atomic E-state index is -0.245. The summed E-state index contributed by atoms with van der Waals surface area (Å²) in [5, 5.41) is 3.87. The van der Waals surface area contributed by atoms with E-state index in [1.807, 2.05) is 55.5 Å². The fraction of sp³-hybridized carbons (Fsp3) is 0.250. The van der Waals surface area contributed by atoms with Crippen molar-refractivity contribution in [3.63, 3.8) is 0 Å². The van der Waals surface area contributed by atoms with E-state index in [0.29, 0.717) is 23.7 Å². The molecule has 1 N–H and O–H groups in total. The first-order chi connectivity index (χ1) is 12.6. The normalized spacial score (nSPS) is 12.0. The second kappa shape index (κ2) is 8.27. The third kappa shape index (κ3) is 4.38. The number of methoxy groups -OCH3 is 1. The zero-order valence-corrected chi connectivity index (χ0v) is 16.2. The molecule has 3 aromatic rings. The van der Waals surface area contributed by atoms with E-state index in [0.717, 1.165) is 15.6 Å². The van der Waals surface area contributed by atoms with Gasteiger partial charge in [0.25, 0.3) is 0 Å². The van der Waals surface area contributed by atoms with E-state index < -0.39 is 0 Å². The van der Waals surface area contributed by atoms with Crippen molar-refractivity contribution in [2.24, 2.45) is 0 Å². The van der Waals surface area contributed by atoms with E-state index in [-0.39, 0.29) is 18.4 Å². The van der Waals surface area contributed by atoms with Crippen LogP contribution in [0, 0.1) is 0 Å². The van der Waals surface area contributed by atoms with Crippen LogP contribution in [0.25, 0.3) is 11.0 Å². The second-order valence-electron chi connectivity index (χ2n) is 5.87. The largest absolute Gasteiger partial charge is 0.493 e. The summed E-state index contributed by atoms with van der Waals surface area (Å²) >= 11 is 3.39. The molecule has 0 radical (unpaired) electrons. The minimum absolute atomic E-state index is 0.0973. The predicted octanol–water partition coefficient (Wildman–Crippen LogP) is 4.85. The van der Waals surface area contributed by atoms with Crippen molar-refractivity contribution in [1.29, 1.82) is 0 Å². The molecule has 0 saturated carbocycles. The molecule has 0 bridgehead atoms. The maximum absolute atomic E-state index is 12.2. The number of halogens is 1. The molecule has 1 amide bonds. The topological polar surface area (TPSA) is 60.7 Å². The van der Waals surface area contributed by atoms with Crippen LogP contribution >= 0.6 is 15.9 Å². The van der Waals surface area contributed by atoms with Gasteiger partial charge in [-0.05, 0) is 37.3 Å². The number of carbonyl (C=O) groups excluding carboxylic acids is 1. The van der Waals surface area contributed by atoms with Gasteiger partial charge in [-0.25, -0.2) is 0 Å². The first-order valence-electron chi connectivity index (χ1n) is 8.31. The van der Waals surface area contributed by atoms with Gasteiger partial charge >= 0.3 is 0 Å². The Kier molecular flexibility index (Phi) is 5.83. The highest BCUT2D eigenvalue weighted by molar-refractivity contribution is 9.10. The third-order valence-electron chi connectivity index (χ3n) is 3.95. The first-order valence-corrected chi connectivity index (χ1v) is 9.10. The zero-order chi connectivity index (χ0) is 18.5. The van der Waals surface area contributed by atoms with E-state index in [1.165, 1.54) is 0 Å². The summed E-state index contributed by atoms with van der Waals surface area (Å²) in [6.45, 7) is 2.19. The van der Waals surface area contributed by atoms with Crippen LogP contribution in [0.4, 0.5) is 0 Å². The molecule has 0 aliphatic heterocycles. The number of rotatable bonds is 7. The summed E-state index contributed by atoms with van der Waals surface area (Å²) in [6.07, 6.45) is 0.264. The van der Waals surface area contributed by atoms with Gasteiger partial charge in [0.2, 0.25) is 5.91 Å². The highest BCUT2D eigenvalue weighted by Crippen LogP contribution is 2.30. The number of furan rings is 1. The zero-order valence-electron chi connectivity index (χ0n) is 14.6. The van der Waals surface area contributed by atoms with Crippen LogP contribution in [0.5, 0.6) is 11.5 Å². The van der Waals surface area contributed by atoms with Crippen LogP contribution in [0.2, 0.25) is 0 Å². The van der Waals surface area contributed by atoms with Crippen LogP contribution < -0.4 is 14.8 Å². The van der Waals surface area contributed by atoms with Crippen LogP contribution in [0.15, 0.2) is 57.4 Å². The van der Waals surface area contributed by atoms with Gasteiger partial charge in [0, 0.05) is 9.86 Å². The summed E-state index contributed by atoms with van der Waals surface area (Å²) < 4.78 is 17.7. The fourth-order valence-corrected chi connectivity index (χ4v) is 3.01. The van der Waals surface area contributed by atoms with Crippen LogP contribution in [-0.4, -0.2) is 19.6 Å². The van der Waals surface area contributed by atoms with Crippen molar-refractivity contribution >= 4 is 32.8 Å². The molecule has 1 aromatic heterocycles. The number of hydrogen-bond acceptors (Lipinski definition) is 4. The Balaban J connectivity index is 1.55. The van der Waals surface area contributed by atoms with Crippen LogP contribution in [-0.2, 0) is 4.79 Å². The Morgan fingerprint density at radius 2 is 2.04 bits per heavy atom. The highest BCUT2D eigenvalue weighted by Gasteiger charge is 2.16. The molecule has 1 heterocycles. The molecule has 0 saturated heterocycles. The fourth-order valence-electron chi connectivity index (χ4n) is 2.63. The highest BCUT2D eigenvalue weighted by atomic mass is 79.9. The van der Waals surface area contributed by atoms with Crippen molar-refractivity contribution in [3.05, 3.63) is 58.8 Å². The standard InChI is InChI=1S/C20H20BrNO4/c1-13(18-11-14-5-3-8-17(24-2)20(14)26-18)22-19(23)9-10-25-16-7-4-6-15(21)12-16/h3-8,11-13H,9-10H2,1-2H3,(H,22,23). The predicted molar refractivity (Wildman–Crippen MR) is 104 cm³/mol. The van der Waals surface area contributed by atoms with Crippen molar-refractivity contribution in [2.75, 3.05) is 13.7 Å². The molecule has 26 heavy (non-hydrogen) atoms. The molecule has 1 unspecified atom stereocenters. The molecule has 2 aromatic carbocycles. The number of ether oxygens (including phenoxy) is 2. The number of carbonyl (C=O) groups is 1. The summed E-state index contributed by atoms with van der Waals surface area (Å²) in [5.74, 6) is 1.99. The molecule has 5 nitrogen and oxygen atoms in total. The summed E-state index contributed by atoms with van der Waals surface area (Å²) in [6, 6.07) is 14.9. The molecule has 0 spiro atoms. The van der Waals surface area contributed by atoms with E-state index >= 15 is 0 Å². The van der Waals surface area contributed by atoms with Crippen molar-refractivity contribution < 1.29 is 18.7 Å². The molecule has 136 valence electrons. The number of para-hydroxylation sites is 1. The van der Waals surface area contributed by atoms with Crippen molar-refractivity contribution in [3.8, 4) is 11.5 Å². The molecule has 0 fully saturated rings. The average Bonchev–Trinajstić information content (AvgIpc) is 3.06. The quantitative estimate of drug-likeness (QED) is 0.596. The van der Waals surface area contributed by atoms with Crippen LogP contribution in [0.1, 0.15) is 25.1 Å². The lowest BCUT2D eigenvalue weighted by Crippen LogP contribution is -2.27. The summed E-state index contributed by atoms with van der Waals surface area (Å²) in [5.41, 5.74) is 0.684. The molecular formula is C20H20BrNO4. The van der Waals surface area contributed by atoms with E-state index in [4.69, 9.17) is 13.9 Å². The van der Waals surface area contributed by atoms with Gasteiger partial charge in [0.1, 0.15) is 11.5 Å². The Bertz CT molecular complexity index is 906. The molecule has 6 heteroatoms. The molecule has 1 atom stereocenters. The lowest BCUT2D eigenvalue weighted by Gasteiger charge is -2.12. The van der Waals surface area contributed by atoms with Gasteiger partial charge in [0.05, 0.1) is 26.2 Å². The average molecular weight is 418 g/mol. The second-order valence-corrected chi connectivity index (χ2v) is 6.79. The van der Waals surface area contributed by atoms with Crippen molar-refractivity contribution in [2.45, 2.75) is 19.4 Å². The number of nitrogens with one attached hydrogen (secondary N) is 1. The monoisotopic (exact) mass is 417 g/mol. The smallest absolute Gasteiger partial charge is 0.224 e. The lowest BCUT2D eigenvalue weighted by molar-refractivity contribution is -0.122. The molecule has 0 aliphatic carbocycles. The van der Waals surface area contributed by atoms with Crippen LogP contribution in [0.3, 0.4) is 0 Å². The maximum Gasteiger partial charge on any atom is 0.224 e. The van der Waals surface area contributed by atoms with Gasteiger partial charge in [-0.15, -0.1) is 0 Å².